The van der Waals surface area contributed by atoms with Gasteiger partial charge in [0, 0.05) is 11.9 Å². The number of fused-ring (bicyclic) bond motifs is 3. The van der Waals surface area contributed by atoms with E-state index in [0.717, 1.165) is 24.4 Å². The summed E-state index contributed by atoms with van der Waals surface area (Å²) in [6.45, 7) is 6.29. The van der Waals surface area contributed by atoms with Gasteiger partial charge in [0.2, 0.25) is 0 Å². The fraction of sp³-hybridized carbons (Fsp3) is 0.357. The molecule has 0 saturated heterocycles. The van der Waals surface area contributed by atoms with E-state index in [-0.39, 0.29) is 0 Å². The van der Waals surface area contributed by atoms with E-state index in [0.29, 0.717) is 11.7 Å². The van der Waals surface area contributed by atoms with Crippen LogP contribution in [0.25, 0.3) is 10.9 Å². The number of pyridine rings is 1. The molecule has 0 atom stereocenters. The van der Waals surface area contributed by atoms with Crippen LogP contribution in [0, 0.1) is 5.92 Å². The number of nitrogens with two attached hydrogens (primary N) is 1. The van der Waals surface area contributed by atoms with Crippen LogP contribution in [-0.4, -0.2) is 18.2 Å². The predicted molar refractivity (Wildman–Crippen MR) is 76.8 cm³/mol. The molecule has 1 aliphatic heterocycles. The fourth-order valence-corrected chi connectivity index (χ4v) is 2.57. The molecule has 0 saturated carbocycles. The molecule has 1 aromatic heterocycles. The van der Waals surface area contributed by atoms with E-state index < -0.39 is 0 Å². The van der Waals surface area contributed by atoms with Gasteiger partial charge in [0.25, 0.3) is 0 Å². The lowest BCUT2D eigenvalue weighted by molar-refractivity contribution is 0.629. The summed E-state index contributed by atoms with van der Waals surface area (Å²) in [6.07, 6.45) is 0. The van der Waals surface area contributed by atoms with E-state index in [2.05, 4.69) is 35.1 Å². The van der Waals surface area contributed by atoms with Crippen molar-refractivity contribution in [3.8, 4) is 0 Å². The zero-order valence-corrected chi connectivity index (χ0v) is 10.8. The third-order valence-corrected chi connectivity index (χ3v) is 3.24. The first-order valence-corrected chi connectivity index (χ1v) is 6.34. The van der Waals surface area contributed by atoms with Gasteiger partial charge in [-0.15, -0.1) is 0 Å². The van der Waals surface area contributed by atoms with E-state index in [4.69, 9.17) is 5.73 Å². The molecule has 2 heterocycles. The van der Waals surface area contributed by atoms with Gasteiger partial charge < -0.3 is 16.0 Å². The van der Waals surface area contributed by atoms with E-state index in [1.165, 1.54) is 11.1 Å². The monoisotopic (exact) mass is 242 g/mol. The standard InChI is InChI=1S/C14H18N4/c1-9(2)7-18-8-16-12-13(18)10-5-3-4-6-11(10)17-14(12)15/h3-6,9,16H,7-8H2,1-2H3,(H2,15,17). The highest BCUT2D eigenvalue weighted by molar-refractivity contribution is 6.03. The lowest BCUT2D eigenvalue weighted by atomic mass is 10.1. The van der Waals surface area contributed by atoms with E-state index in [9.17, 15) is 0 Å². The van der Waals surface area contributed by atoms with Crippen LogP contribution in [0.4, 0.5) is 17.2 Å². The zero-order chi connectivity index (χ0) is 12.7. The van der Waals surface area contributed by atoms with Crippen LogP contribution in [-0.2, 0) is 0 Å². The number of nitrogen functional groups attached to an aromatic ring is 1. The number of nitrogens with one attached hydrogen (secondary N) is 1. The molecule has 18 heavy (non-hydrogen) atoms. The summed E-state index contributed by atoms with van der Waals surface area (Å²) in [5.74, 6) is 1.21. The molecular weight excluding hydrogens is 224 g/mol. The lowest BCUT2D eigenvalue weighted by Gasteiger charge is -2.21. The van der Waals surface area contributed by atoms with Crippen LogP contribution in [0.2, 0.25) is 0 Å². The van der Waals surface area contributed by atoms with Crippen molar-refractivity contribution < 1.29 is 0 Å². The molecule has 2 aromatic rings. The highest BCUT2D eigenvalue weighted by atomic mass is 15.3. The Morgan fingerprint density at radius 2 is 2.17 bits per heavy atom. The average Bonchev–Trinajstić information content (AvgIpc) is 2.73. The summed E-state index contributed by atoms with van der Waals surface area (Å²) < 4.78 is 0. The SMILES string of the molecule is CC(C)CN1CNc2c(N)nc3ccccc3c21. The quantitative estimate of drug-likeness (QED) is 0.850. The van der Waals surface area contributed by atoms with Crippen LogP contribution in [0.15, 0.2) is 24.3 Å². The van der Waals surface area contributed by atoms with Crippen molar-refractivity contribution in [2.45, 2.75) is 13.8 Å². The third-order valence-electron chi connectivity index (χ3n) is 3.24. The summed E-state index contributed by atoms with van der Waals surface area (Å²) in [5.41, 5.74) is 9.18. The minimum atomic E-state index is 0.593. The molecule has 3 rings (SSSR count). The van der Waals surface area contributed by atoms with Crippen LogP contribution in [0.5, 0.6) is 0 Å². The normalized spacial score (nSPS) is 14.1. The Morgan fingerprint density at radius 3 is 2.94 bits per heavy atom. The third kappa shape index (κ3) is 1.65. The summed E-state index contributed by atoms with van der Waals surface area (Å²) >= 11 is 0. The Kier molecular flexibility index (Phi) is 2.51. The number of para-hydroxylation sites is 1. The first-order chi connectivity index (χ1) is 8.66. The van der Waals surface area contributed by atoms with Crippen molar-refractivity contribution in [1.82, 2.24) is 4.98 Å². The summed E-state index contributed by atoms with van der Waals surface area (Å²) in [7, 11) is 0. The highest BCUT2D eigenvalue weighted by Gasteiger charge is 2.24. The second-order valence-electron chi connectivity index (χ2n) is 5.19. The molecule has 94 valence electrons. The Morgan fingerprint density at radius 1 is 1.39 bits per heavy atom. The van der Waals surface area contributed by atoms with Crippen molar-refractivity contribution in [1.29, 1.82) is 0 Å². The number of benzene rings is 1. The molecule has 4 nitrogen and oxygen atoms in total. The molecule has 4 heteroatoms. The van der Waals surface area contributed by atoms with Crippen molar-refractivity contribution in [2.24, 2.45) is 5.92 Å². The van der Waals surface area contributed by atoms with Gasteiger partial charge in [-0.05, 0) is 12.0 Å². The molecule has 1 aliphatic rings. The molecule has 0 amide bonds. The maximum Gasteiger partial charge on any atom is 0.149 e. The maximum atomic E-state index is 6.03. The second kappa shape index (κ2) is 4.05. The minimum absolute atomic E-state index is 0.593. The Hall–Kier alpha value is -1.97. The summed E-state index contributed by atoms with van der Waals surface area (Å²) in [6, 6.07) is 8.17. The van der Waals surface area contributed by atoms with Crippen molar-refractivity contribution in [3.05, 3.63) is 24.3 Å². The van der Waals surface area contributed by atoms with Gasteiger partial charge in [0.1, 0.15) is 11.5 Å². The topological polar surface area (TPSA) is 54.2 Å². The van der Waals surface area contributed by atoms with Crippen LogP contribution in [0.1, 0.15) is 13.8 Å². The Bertz CT molecular complexity index is 592. The first-order valence-electron chi connectivity index (χ1n) is 6.34. The van der Waals surface area contributed by atoms with Gasteiger partial charge in [-0.25, -0.2) is 4.98 Å². The molecule has 0 spiro atoms. The van der Waals surface area contributed by atoms with Crippen LogP contribution < -0.4 is 16.0 Å². The van der Waals surface area contributed by atoms with Crippen molar-refractivity contribution in [3.63, 3.8) is 0 Å². The average molecular weight is 242 g/mol. The van der Waals surface area contributed by atoms with E-state index in [1.807, 2.05) is 18.2 Å². The second-order valence-corrected chi connectivity index (χ2v) is 5.19. The summed E-state index contributed by atoms with van der Waals surface area (Å²) in [4.78, 5) is 6.80. The van der Waals surface area contributed by atoms with Gasteiger partial charge in [0.15, 0.2) is 0 Å². The predicted octanol–water partition coefficient (Wildman–Crippen LogP) is 2.66. The number of rotatable bonds is 2. The Balaban J connectivity index is 2.20. The van der Waals surface area contributed by atoms with Gasteiger partial charge in [-0.3, -0.25) is 0 Å². The van der Waals surface area contributed by atoms with E-state index in [1.54, 1.807) is 0 Å². The number of aromatic nitrogens is 1. The van der Waals surface area contributed by atoms with Crippen LogP contribution in [0.3, 0.4) is 0 Å². The maximum absolute atomic E-state index is 6.03. The molecule has 0 unspecified atom stereocenters. The molecule has 0 aliphatic carbocycles. The number of hydrogen-bond donors (Lipinski definition) is 2. The molecule has 0 radical (unpaired) electrons. The first kappa shape index (κ1) is 11.1. The smallest absolute Gasteiger partial charge is 0.149 e. The zero-order valence-electron chi connectivity index (χ0n) is 10.8. The lowest BCUT2D eigenvalue weighted by Crippen LogP contribution is -2.27. The van der Waals surface area contributed by atoms with Crippen molar-refractivity contribution in [2.75, 3.05) is 29.2 Å². The van der Waals surface area contributed by atoms with Gasteiger partial charge in [-0.2, -0.15) is 0 Å². The molecule has 0 fully saturated rings. The number of hydrogen-bond acceptors (Lipinski definition) is 4. The molecule has 0 bridgehead atoms. The van der Waals surface area contributed by atoms with Crippen LogP contribution >= 0.6 is 0 Å². The Labute approximate surface area is 107 Å². The fourth-order valence-electron chi connectivity index (χ4n) is 2.57. The van der Waals surface area contributed by atoms with Gasteiger partial charge in [-0.1, -0.05) is 32.0 Å². The highest BCUT2D eigenvalue weighted by Crippen LogP contribution is 2.41. The summed E-state index contributed by atoms with van der Waals surface area (Å²) in [5, 5.41) is 4.53. The van der Waals surface area contributed by atoms with Gasteiger partial charge >= 0.3 is 0 Å². The molecule has 3 N–H and O–H groups in total. The molecular formula is C14H18N4. The molecule has 1 aromatic carbocycles. The number of nitrogens with zero attached hydrogens (tertiary/aromatic N) is 2. The minimum Gasteiger partial charge on any atom is -0.382 e. The number of anilines is 3. The largest absolute Gasteiger partial charge is 0.382 e. The van der Waals surface area contributed by atoms with Gasteiger partial charge in [0.05, 0.1) is 17.9 Å². The van der Waals surface area contributed by atoms with E-state index >= 15 is 0 Å². The van der Waals surface area contributed by atoms with Crippen molar-refractivity contribution >= 4 is 28.1 Å².